The van der Waals surface area contributed by atoms with E-state index in [2.05, 4.69) is 0 Å². The maximum absolute atomic E-state index is 11.7. The Hall–Kier alpha value is -2.12. The summed E-state index contributed by atoms with van der Waals surface area (Å²) in [6.45, 7) is 2.17. The fourth-order valence-electron chi connectivity index (χ4n) is 3.13. The van der Waals surface area contributed by atoms with Crippen LogP contribution in [-0.2, 0) is 23.8 Å². The molecule has 2 fully saturated rings. The summed E-state index contributed by atoms with van der Waals surface area (Å²) in [6, 6.07) is 7.17. The van der Waals surface area contributed by atoms with Gasteiger partial charge in [-0.25, -0.2) is 4.79 Å². The smallest absolute Gasteiger partial charge is 0.344 e. The van der Waals surface area contributed by atoms with E-state index in [1.807, 2.05) is 12.1 Å². The molecule has 148 valence electrons. The number of benzene rings is 1. The SMILES string of the molecule is O=C(COc1ccc(N2CCCC2=O)cc1)OCCCO[C@H]1CCCCO1. The van der Waals surface area contributed by atoms with E-state index in [4.69, 9.17) is 18.9 Å². The number of carbonyl (C=O) groups excluding carboxylic acids is 2. The molecule has 0 radical (unpaired) electrons. The molecule has 0 aromatic heterocycles. The van der Waals surface area contributed by atoms with Crippen molar-refractivity contribution in [2.45, 2.75) is 44.8 Å². The Morgan fingerprint density at radius 1 is 1.15 bits per heavy atom. The predicted octanol–water partition coefficient (Wildman–Crippen LogP) is 2.67. The molecule has 3 rings (SSSR count). The lowest BCUT2D eigenvalue weighted by Crippen LogP contribution is -2.23. The van der Waals surface area contributed by atoms with Gasteiger partial charge in [0.2, 0.25) is 5.91 Å². The highest BCUT2D eigenvalue weighted by molar-refractivity contribution is 5.95. The average Bonchev–Trinajstić information content (AvgIpc) is 3.13. The molecule has 2 saturated heterocycles. The van der Waals surface area contributed by atoms with Gasteiger partial charge in [0, 0.05) is 31.7 Å². The van der Waals surface area contributed by atoms with Crippen molar-refractivity contribution in [3.05, 3.63) is 24.3 Å². The Kier molecular flexibility index (Phi) is 7.47. The van der Waals surface area contributed by atoms with Gasteiger partial charge in [0.15, 0.2) is 12.9 Å². The van der Waals surface area contributed by atoms with Gasteiger partial charge in [-0.3, -0.25) is 4.79 Å². The van der Waals surface area contributed by atoms with Gasteiger partial charge in [-0.1, -0.05) is 0 Å². The number of amides is 1. The van der Waals surface area contributed by atoms with Crippen LogP contribution in [0.3, 0.4) is 0 Å². The maximum atomic E-state index is 11.7. The number of hydrogen-bond donors (Lipinski definition) is 0. The van der Waals surface area contributed by atoms with E-state index in [1.54, 1.807) is 17.0 Å². The first-order chi connectivity index (χ1) is 13.2. The number of anilines is 1. The van der Waals surface area contributed by atoms with E-state index in [1.165, 1.54) is 0 Å². The molecule has 27 heavy (non-hydrogen) atoms. The van der Waals surface area contributed by atoms with Crippen LogP contribution in [0.25, 0.3) is 0 Å². The molecule has 1 atom stereocenters. The molecule has 2 heterocycles. The minimum absolute atomic E-state index is 0.114. The Morgan fingerprint density at radius 3 is 2.70 bits per heavy atom. The van der Waals surface area contributed by atoms with Gasteiger partial charge in [-0.15, -0.1) is 0 Å². The summed E-state index contributed by atoms with van der Waals surface area (Å²) >= 11 is 0. The summed E-state index contributed by atoms with van der Waals surface area (Å²) in [7, 11) is 0. The maximum Gasteiger partial charge on any atom is 0.344 e. The highest BCUT2D eigenvalue weighted by Crippen LogP contribution is 2.23. The molecule has 2 aliphatic rings. The predicted molar refractivity (Wildman–Crippen MR) is 98.6 cm³/mol. The van der Waals surface area contributed by atoms with Gasteiger partial charge in [-0.05, 0) is 49.9 Å². The molecule has 1 aromatic rings. The molecular formula is C20H27NO6. The Morgan fingerprint density at radius 2 is 2.00 bits per heavy atom. The fourth-order valence-corrected chi connectivity index (χ4v) is 3.13. The molecule has 0 N–H and O–H groups in total. The summed E-state index contributed by atoms with van der Waals surface area (Å²) in [5.41, 5.74) is 0.856. The molecule has 2 aliphatic heterocycles. The molecule has 0 bridgehead atoms. The summed E-state index contributed by atoms with van der Waals surface area (Å²) in [6.07, 6.45) is 5.16. The van der Waals surface area contributed by atoms with Gasteiger partial charge in [0.25, 0.3) is 0 Å². The topological polar surface area (TPSA) is 74.3 Å². The highest BCUT2D eigenvalue weighted by atomic mass is 16.7. The van der Waals surface area contributed by atoms with Crippen LogP contribution in [0.2, 0.25) is 0 Å². The van der Waals surface area contributed by atoms with Crippen LogP contribution in [-0.4, -0.2) is 51.1 Å². The molecule has 1 aromatic carbocycles. The summed E-state index contributed by atoms with van der Waals surface area (Å²) < 4.78 is 21.6. The van der Waals surface area contributed by atoms with Crippen molar-refractivity contribution in [3.63, 3.8) is 0 Å². The zero-order chi connectivity index (χ0) is 18.9. The third-order valence-electron chi connectivity index (χ3n) is 4.57. The monoisotopic (exact) mass is 377 g/mol. The summed E-state index contributed by atoms with van der Waals surface area (Å²) in [5.74, 6) is 0.300. The third-order valence-corrected chi connectivity index (χ3v) is 4.57. The van der Waals surface area contributed by atoms with Crippen LogP contribution in [0.1, 0.15) is 38.5 Å². The lowest BCUT2D eigenvalue weighted by atomic mass is 10.2. The van der Waals surface area contributed by atoms with Crippen molar-refractivity contribution in [1.29, 1.82) is 0 Å². The van der Waals surface area contributed by atoms with Crippen LogP contribution in [0, 0.1) is 0 Å². The van der Waals surface area contributed by atoms with E-state index in [0.29, 0.717) is 31.8 Å². The second kappa shape index (κ2) is 10.3. The first-order valence-corrected chi connectivity index (χ1v) is 9.64. The fraction of sp³-hybridized carbons (Fsp3) is 0.600. The first-order valence-electron chi connectivity index (χ1n) is 9.64. The zero-order valence-corrected chi connectivity index (χ0v) is 15.6. The minimum atomic E-state index is -0.414. The lowest BCUT2D eigenvalue weighted by Gasteiger charge is -2.22. The van der Waals surface area contributed by atoms with E-state index >= 15 is 0 Å². The normalized spacial score (nSPS) is 19.9. The van der Waals surface area contributed by atoms with Gasteiger partial charge in [-0.2, -0.15) is 0 Å². The van der Waals surface area contributed by atoms with Crippen molar-refractivity contribution < 1.29 is 28.5 Å². The van der Waals surface area contributed by atoms with Crippen molar-refractivity contribution in [2.24, 2.45) is 0 Å². The number of ether oxygens (including phenoxy) is 4. The van der Waals surface area contributed by atoms with Gasteiger partial charge < -0.3 is 23.8 Å². The van der Waals surface area contributed by atoms with Crippen molar-refractivity contribution >= 4 is 17.6 Å². The van der Waals surface area contributed by atoms with Gasteiger partial charge in [0.1, 0.15) is 5.75 Å². The lowest BCUT2D eigenvalue weighted by molar-refractivity contribution is -0.165. The van der Waals surface area contributed by atoms with Gasteiger partial charge in [0.05, 0.1) is 13.2 Å². The van der Waals surface area contributed by atoms with E-state index in [9.17, 15) is 9.59 Å². The van der Waals surface area contributed by atoms with Crippen molar-refractivity contribution in [1.82, 2.24) is 0 Å². The number of esters is 1. The molecule has 7 heteroatoms. The highest BCUT2D eigenvalue weighted by Gasteiger charge is 2.21. The second-order valence-corrected chi connectivity index (χ2v) is 6.67. The van der Waals surface area contributed by atoms with E-state index in [-0.39, 0.29) is 18.8 Å². The Labute approximate surface area is 159 Å². The molecular weight excluding hydrogens is 350 g/mol. The summed E-state index contributed by atoms with van der Waals surface area (Å²) in [5, 5.41) is 0. The van der Waals surface area contributed by atoms with Crippen molar-refractivity contribution in [3.8, 4) is 5.75 Å². The van der Waals surface area contributed by atoms with Crippen LogP contribution >= 0.6 is 0 Å². The quantitative estimate of drug-likeness (QED) is 0.487. The largest absolute Gasteiger partial charge is 0.482 e. The van der Waals surface area contributed by atoms with Gasteiger partial charge >= 0.3 is 5.97 Å². The van der Waals surface area contributed by atoms with Crippen molar-refractivity contribution in [2.75, 3.05) is 37.9 Å². The molecule has 0 unspecified atom stereocenters. The van der Waals surface area contributed by atoms with Crippen LogP contribution in [0.5, 0.6) is 5.75 Å². The Balaban J connectivity index is 1.28. The molecule has 0 saturated carbocycles. The molecule has 7 nitrogen and oxygen atoms in total. The molecule has 0 aliphatic carbocycles. The standard InChI is InChI=1S/C20H27NO6/c22-18-5-3-11-21(18)16-7-9-17(10-8-16)27-15-19(23)24-13-4-14-26-20-6-1-2-12-25-20/h7-10,20H,1-6,11-15H2/t20-/m0/s1. The average molecular weight is 377 g/mol. The van der Waals surface area contributed by atoms with E-state index in [0.717, 1.165) is 44.5 Å². The first kappa shape index (κ1) is 19.6. The minimum Gasteiger partial charge on any atom is -0.482 e. The third kappa shape index (κ3) is 6.22. The number of rotatable bonds is 9. The van der Waals surface area contributed by atoms with Crippen LogP contribution < -0.4 is 9.64 Å². The number of carbonyl (C=O) groups is 2. The van der Waals surface area contributed by atoms with Crippen LogP contribution in [0.4, 0.5) is 5.69 Å². The summed E-state index contributed by atoms with van der Waals surface area (Å²) in [4.78, 5) is 25.2. The van der Waals surface area contributed by atoms with E-state index < -0.39 is 5.97 Å². The number of hydrogen-bond acceptors (Lipinski definition) is 6. The molecule has 1 amide bonds. The van der Waals surface area contributed by atoms with Crippen LogP contribution in [0.15, 0.2) is 24.3 Å². The second-order valence-electron chi connectivity index (χ2n) is 6.67. The Bertz CT molecular complexity index is 611. The zero-order valence-electron chi connectivity index (χ0n) is 15.6. The molecule has 0 spiro atoms. The number of nitrogens with zero attached hydrogens (tertiary/aromatic N) is 1.